The zero-order valence-electron chi connectivity index (χ0n) is 17.1. The molecule has 0 spiro atoms. The molecule has 2 heterocycles. The van der Waals surface area contributed by atoms with Crippen LogP contribution in [-0.2, 0) is 6.54 Å². The van der Waals surface area contributed by atoms with Gasteiger partial charge in [0.25, 0.3) is 0 Å². The van der Waals surface area contributed by atoms with Gasteiger partial charge in [-0.2, -0.15) is 0 Å². The second-order valence-corrected chi connectivity index (χ2v) is 8.14. The van der Waals surface area contributed by atoms with Crippen molar-refractivity contribution in [3.63, 3.8) is 0 Å². The van der Waals surface area contributed by atoms with E-state index in [0.717, 1.165) is 49.6 Å². The van der Waals surface area contributed by atoms with Gasteiger partial charge in [0, 0.05) is 31.1 Å². The Morgan fingerprint density at radius 3 is 2.72 bits per heavy atom. The number of para-hydroxylation sites is 1. The van der Waals surface area contributed by atoms with Crippen molar-refractivity contribution in [2.45, 2.75) is 39.3 Å². The Balaban J connectivity index is 1.35. The third kappa shape index (κ3) is 4.82. The highest BCUT2D eigenvalue weighted by molar-refractivity contribution is 6.32. The van der Waals surface area contributed by atoms with Crippen molar-refractivity contribution in [2.24, 2.45) is 0 Å². The smallest absolute Gasteiger partial charge is 0.138 e. The van der Waals surface area contributed by atoms with Gasteiger partial charge in [-0.25, -0.2) is 4.98 Å². The molecule has 0 saturated carbocycles. The van der Waals surface area contributed by atoms with E-state index in [2.05, 4.69) is 53.5 Å². The zero-order valence-corrected chi connectivity index (χ0v) is 17.9. The Morgan fingerprint density at radius 1 is 1.14 bits per heavy atom. The summed E-state index contributed by atoms with van der Waals surface area (Å²) in [6.07, 6.45) is 2.22. The normalized spacial score (nSPS) is 15.6. The Kier molecular flexibility index (Phi) is 6.22. The fourth-order valence-electron chi connectivity index (χ4n) is 4.04. The van der Waals surface area contributed by atoms with Crippen molar-refractivity contribution < 1.29 is 4.74 Å². The van der Waals surface area contributed by atoms with Gasteiger partial charge >= 0.3 is 0 Å². The van der Waals surface area contributed by atoms with E-state index in [-0.39, 0.29) is 0 Å². The molecule has 29 heavy (non-hydrogen) atoms. The average molecular weight is 410 g/mol. The summed E-state index contributed by atoms with van der Waals surface area (Å²) in [7, 11) is 0. The van der Waals surface area contributed by atoms with Crippen LogP contribution in [0.15, 0.2) is 48.5 Å². The minimum Gasteiger partial charge on any atom is -0.492 e. The zero-order chi connectivity index (χ0) is 20.2. The Hall–Kier alpha value is -2.30. The van der Waals surface area contributed by atoms with Crippen molar-refractivity contribution in [1.29, 1.82) is 0 Å². The topological polar surface area (TPSA) is 37.4 Å². The molecule has 1 aromatic heterocycles. The lowest BCUT2D eigenvalue weighted by molar-refractivity contribution is 0.211. The number of benzene rings is 2. The number of ether oxygens (including phenoxy) is 1. The minimum atomic E-state index is 0.462. The number of piperidine rings is 1. The maximum Gasteiger partial charge on any atom is 0.138 e. The first-order valence-corrected chi connectivity index (χ1v) is 10.8. The predicted octanol–water partition coefficient (Wildman–Crippen LogP) is 5.67. The number of halogens is 1. The number of likely N-dealkylation sites (tertiary alicyclic amines) is 1. The van der Waals surface area contributed by atoms with Crippen LogP contribution in [0.2, 0.25) is 5.02 Å². The maximum atomic E-state index is 6.21. The molecule has 1 aliphatic rings. The number of pyridine rings is 1. The van der Waals surface area contributed by atoms with Crippen LogP contribution in [0, 0.1) is 6.92 Å². The summed E-state index contributed by atoms with van der Waals surface area (Å²) in [6.45, 7) is 7.82. The van der Waals surface area contributed by atoms with Gasteiger partial charge in [0.1, 0.15) is 11.6 Å². The van der Waals surface area contributed by atoms with Crippen LogP contribution in [0.5, 0.6) is 5.75 Å². The molecule has 0 amide bonds. The van der Waals surface area contributed by atoms with Crippen molar-refractivity contribution in [1.82, 2.24) is 9.88 Å². The van der Waals surface area contributed by atoms with Crippen molar-refractivity contribution in [3.05, 3.63) is 64.7 Å². The molecular weight excluding hydrogens is 382 g/mol. The van der Waals surface area contributed by atoms with Gasteiger partial charge in [0.2, 0.25) is 0 Å². The van der Waals surface area contributed by atoms with Crippen LogP contribution in [-0.4, -0.2) is 35.6 Å². The molecule has 4 nitrogen and oxygen atoms in total. The first-order valence-electron chi connectivity index (χ1n) is 10.4. The average Bonchev–Trinajstić information content (AvgIpc) is 2.72. The molecular formula is C24H28ClN3O. The van der Waals surface area contributed by atoms with Gasteiger partial charge in [-0.1, -0.05) is 35.9 Å². The highest BCUT2D eigenvalue weighted by Crippen LogP contribution is 2.27. The largest absolute Gasteiger partial charge is 0.492 e. The molecule has 1 aliphatic heterocycles. The monoisotopic (exact) mass is 409 g/mol. The molecule has 0 aliphatic carbocycles. The number of hydrogen-bond acceptors (Lipinski definition) is 4. The second-order valence-electron chi connectivity index (χ2n) is 7.73. The van der Waals surface area contributed by atoms with Gasteiger partial charge < -0.3 is 10.1 Å². The number of fused-ring (bicyclic) bond motifs is 1. The van der Waals surface area contributed by atoms with E-state index in [0.29, 0.717) is 17.7 Å². The lowest BCUT2D eigenvalue weighted by Crippen LogP contribution is -2.38. The van der Waals surface area contributed by atoms with Gasteiger partial charge in [-0.3, -0.25) is 4.90 Å². The predicted molar refractivity (Wildman–Crippen MR) is 121 cm³/mol. The van der Waals surface area contributed by atoms with E-state index in [1.165, 1.54) is 16.5 Å². The Labute approximate surface area is 177 Å². The Bertz CT molecular complexity index is 983. The summed E-state index contributed by atoms with van der Waals surface area (Å²) in [4.78, 5) is 7.30. The van der Waals surface area contributed by atoms with Crippen LogP contribution in [0.3, 0.4) is 0 Å². The first-order chi connectivity index (χ1) is 14.1. The third-order valence-electron chi connectivity index (χ3n) is 5.56. The quantitative estimate of drug-likeness (QED) is 0.569. The molecule has 4 rings (SSSR count). The number of anilines is 1. The van der Waals surface area contributed by atoms with Crippen molar-refractivity contribution in [2.75, 3.05) is 25.0 Å². The van der Waals surface area contributed by atoms with E-state index in [1.807, 2.05) is 19.1 Å². The summed E-state index contributed by atoms with van der Waals surface area (Å²) in [6, 6.07) is 17.1. The standard InChI is InChI=1S/C24H28ClN3O/c1-3-29-23-15-18(8-9-21(23)25)16-28-12-10-19(11-13-28)26-24-14-17(2)20-6-4-5-7-22(20)27-24/h4-9,14-15,19H,3,10-13,16H2,1-2H3,(H,26,27). The number of aryl methyl sites for hydroxylation is 1. The minimum absolute atomic E-state index is 0.462. The Morgan fingerprint density at radius 2 is 1.93 bits per heavy atom. The fraction of sp³-hybridized carbons (Fsp3) is 0.375. The summed E-state index contributed by atoms with van der Waals surface area (Å²) >= 11 is 6.21. The van der Waals surface area contributed by atoms with E-state index < -0.39 is 0 Å². The van der Waals surface area contributed by atoms with Crippen LogP contribution in [0.1, 0.15) is 30.9 Å². The number of nitrogens with zero attached hydrogens (tertiary/aromatic N) is 2. The molecule has 1 N–H and O–H groups in total. The molecule has 0 unspecified atom stereocenters. The molecule has 1 fully saturated rings. The second kappa shape index (κ2) is 9.02. The lowest BCUT2D eigenvalue weighted by Gasteiger charge is -2.32. The highest BCUT2D eigenvalue weighted by Gasteiger charge is 2.20. The molecule has 3 aromatic rings. The molecule has 0 radical (unpaired) electrons. The number of nitrogens with one attached hydrogen (secondary N) is 1. The van der Waals surface area contributed by atoms with Crippen LogP contribution in [0.25, 0.3) is 10.9 Å². The van der Waals surface area contributed by atoms with E-state index >= 15 is 0 Å². The third-order valence-corrected chi connectivity index (χ3v) is 5.88. The number of rotatable bonds is 6. The van der Waals surface area contributed by atoms with Crippen molar-refractivity contribution >= 4 is 28.3 Å². The number of hydrogen-bond donors (Lipinski definition) is 1. The maximum absolute atomic E-state index is 6.21. The lowest BCUT2D eigenvalue weighted by atomic mass is 10.0. The molecule has 5 heteroatoms. The summed E-state index contributed by atoms with van der Waals surface area (Å²) in [5, 5.41) is 5.56. The molecule has 152 valence electrons. The summed E-state index contributed by atoms with van der Waals surface area (Å²) < 4.78 is 5.62. The highest BCUT2D eigenvalue weighted by atomic mass is 35.5. The van der Waals surface area contributed by atoms with E-state index in [9.17, 15) is 0 Å². The van der Waals surface area contributed by atoms with Crippen LogP contribution in [0.4, 0.5) is 5.82 Å². The molecule has 0 bridgehead atoms. The molecule has 2 aromatic carbocycles. The van der Waals surface area contributed by atoms with Crippen LogP contribution >= 0.6 is 11.6 Å². The van der Waals surface area contributed by atoms with Gasteiger partial charge in [0.05, 0.1) is 17.1 Å². The first kappa shape index (κ1) is 20.0. The van der Waals surface area contributed by atoms with E-state index in [1.54, 1.807) is 0 Å². The SMILES string of the molecule is CCOc1cc(CN2CCC(Nc3cc(C)c4ccccc4n3)CC2)ccc1Cl. The number of aromatic nitrogens is 1. The molecule has 0 atom stereocenters. The van der Waals surface area contributed by atoms with Crippen molar-refractivity contribution in [3.8, 4) is 5.75 Å². The van der Waals surface area contributed by atoms with Gasteiger partial charge in [0.15, 0.2) is 0 Å². The van der Waals surface area contributed by atoms with Crippen LogP contribution < -0.4 is 10.1 Å². The summed E-state index contributed by atoms with van der Waals surface area (Å²) in [5.41, 5.74) is 3.57. The molecule has 1 saturated heterocycles. The van der Waals surface area contributed by atoms with Gasteiger partial charge in [-0.05, 0) is 62.1 Å². The van der Waals surface area contributed by atoms with Gasteiger partial charge in [-0.15, -0.1) is 0 Å². The van der Waals surface area contributed by atoms with E-state index in [4.69, 9.17) is 21.3 Å². The summed E-state index contributed by atoms with van der Waals surface area (Å²) in [5.74, 6) is 1.76. The fourth-order valence-corrected chi connectivity index (χ4v) is 4.21.